The highest BCUT2D eigenvalue weighted by molar-refractivity contribution is 7.98. The van der Waals surface area contributed by atoms with Gasteiger partial charge in [0.15, 0.2) is 0 Å². The largest absolute Gasteiger partial charge is 0.411 e. The molecule has 0 saturated heterocycles. The molecule has 0 aliphatic heterocycles. The summed E-state index contributed by atoms with van der Waals surface area (Å²) in [5.41, 5.74) is 1.25. The van der Waals surface area contributed by atoms with E-state index in [1.165, 1.54) is 11.8 Å². The Kier molecular flexibility index (Phi) is 4.25. The normalized spacial score (nSPS) is 11.1. The van der Waals surface area contributed by atoms with Crippen LogP contribution in [0.15, 0.2) is 63.0 Å². The predicted molar refractivity (Wildman–Crippen MR) is 96.7 cm³/mol. The molecule has 0 bridgehead atoms. The monoisotopic (exact) mass is 370 g/mol. The minimum atomic E-state index is -0.161. The van der Waals surface area contributed by atoms with Crippen molar-refractivity contribution in [3.63, 3.8) is 0 Å². The number of thioether (sulfide) groups is 1. The second-order valence-electron chi connectivity index (χ2n) is 5.20. The fraction of sp³-hybridized carbons (Fsp3) is 0.0588. The fourth-order valence-corrected chi connectivity index (χ4v) is 3.16. The van der Waals surface area contributed by atoms with E-state index in [0.717, 1.165) is 5.56 Å². The lowest BCUT2D eigenvalue weighted by atomic mass is 10.2. The Labute approximate surface area is 151 Å². The van der Waals surface area contributed by atoms with Gasteiger partial charge in [0, 0.05) is 10.6 Å². The number of hydrogen-bond donors (Lipinski definition) is 1. The van der Waals surface area contributed by atoms with Crippen molar-refractivity contribution in [2.24, 2.45) is 0 Å². The Morgan fingerprint density at radius 2 is 2.00 bits per heavy atom. The van der Waals surface area contributed by atoms with Gasteiger partial charge in [-0.15, -0.1) is 10.2 Å². The van der Waals surface area contributed by atoms with Crippen molar-refractivity contribution in [2.45, 2.75) is 11.0 Å². The van der Waals surface area contributed by atoms with E-state index in [1.54, 1.807) is 18.2 Å². The molecule has 4 rings (SSSR count). The first-order valence-electron chi connectivity index (χ1n) is 7.39. The van der Waals surface area contributed by atoms with Crippen molar-refractivity contribution in [1.29, 1.82) is 0 Å². The zero-order chi connectivity index (χ0) is 17.2. The number of para-hydroxylation sites is 1. The summed E-state index contributed by atoms with van der Waals surface area (Å²) in [5.74, 6) is 1.36. The summed E-state index contributed by atoms with van der Waals surface area (Å²) in [6.45, 7) is 0. The molecule has 0 radical (unpaired) electrons. The summed E-state index contributed by atoms with van der Waals surface area (Å²) in [6, 6.07) is 14.4. The van der Waals surface area contributed by atoms with Crippen LogP contribution in [0.5, 0.6) is 0 Å². The van der Waals surface area contributed by atoms with Crippen LogP contribution in [0.3, 0.4) is 0 Å². The van der Waals surface area contributed by atoms with Crippen LogP contribution in [-0.2, 0) is 5.75 Å². The predicted octanol–water partition coefficient (Wildman–Crippen LogP) is 3.92. The first kappa shape index (κ1) is 15.9. The summed E-state index contributed by atoms with van der Waals surface area (Å²) in [6.07, 6.45) is 0. The Morgan fingerprint density at radius 1 is 1.12 bits per heavy atom. The molecule has 0 unspecified atom stereocenters. The number of aromatic nitrogens is 4. The van der Waals surface area contributed by atoms with Gasteiger partial charge < -0.3 is 9.40 Å². The molecule has 0 amide bonds. The maximum atomic E-state index is 12.1. The van der Waals surface area contributed by atoms with Crippen LogP contribution >= 0.6 is 23.4 Å². The standard InChI is InChI=1S/C17H11ClN4O2S/c18-11-5-3-4-10(8-11)16-21-22-17(24-16)25-9-14-19-13-7-2-1-6-12(13)15(23)20-14/h1-8H,9H2,(H,19,20,23). The van der Waals surface area contributed by atoms with Gasteiger partial charge >= 0.3 is 0 Å². The maximum Gasteiger partial charge on any atom is 0.277 e. The van der Waals surface area contributed by atoms with Crippen molar-refractivity contribution in [2.75, 3.05) is 0 Å². The van der Waals surface area contributed by atoms with E-state index in [2.05, 4.69) is 20.2 Å². The number of nitrogens with one attached hydrogen (secondary N) is 1. The number of halogens is 1. The highest BCUT2D eigenvalue weighted by atomic mass is 35.5. The molecule has 0 fully saturated rings. The number of benzene rings is 2. The zero-order valence-electron chi connectivity index (χ0n) is 12.8. The van der Waals surface area contributed by atoms with Crippen LogP contribution in [0.2, 0.25) is 5.02 Å². The number of aromatic amines is 1. The highest BCUT2D eigenvalue weighted by Gasteiger charge is 2.11. The molecule has 8 heteroatoms. The molecule has 0 saturated carbocycles. The molecule has 0 spiro atoms. The van der Waals surface area contributed by atoms with E-state index >= 15 is 0 Å². The summed E-state index contributed by atoms with van der Waals surface area (Å²) >= 11 is 7.27. The average molecular weight is 371 g/mol. The van der Waals surface area contributed by atoms with Gasteiger partial charge in [-0.25, -0.2) is 4.98 Å². The fourth-order valence-electron chi connectivity index (χ4n) is 2.34. The Morgan fingerprint density at radius 3 is 2.88 bits per heavy atom. The Bertz CT molecular complexity index is 1110. The second kappa shape index (κ2) is 6.70. The van der Waals surface area contributed by atoms with Gasteiger partial charge in [0.05, 0.1) is 16.7 Å². The molecular weight excluding hydrogens is 360 g/mol. The molecule has 0 atom stereocenters. The first-order chi connectivity index (χ1) is 12.2. The first-order valence-corrected chi connectivity index (χ1v) is 8.75. The Hall–Kier alpha value is -2.64. The minimum absolute atomic E-state index is 0.161. The van der Waals surface area contributed by atoms with Crippen LogP contribution in [0.1, 0.15) is 5.82 Å². The zero-order valence-corrected chi connectivity index (χ0v) is 14.3. The molecule has 25 heavy (non-hydrogen) atoms. The highest BCUT2D eigenvalue weighted by Crippen LogP contribution is 2.26. The smallest absolute Gasteiger partial charge is 0.277 e. The van der Waals surface area contributed by atoms with Gasteiger partial charge in [-0.05, 0) is 30.3 Å². The van der Waals surface area contributed by atoms with E-state index in [-0.39, 0.29) is 5.56 Å². The summed E-state index contributed by atoms with van der Waals surface area (Å²) in [7, 11) is 0. The summed E-state index contributed by atoms with van der Waals surface area (Å²) in [4.78, 5) is 19.3. The molecule has 1 N–H and O–H groups in total. The van der Waals surface area contributed by atoms with Crippen molar-refractivity contribution >= 4 is 34.3 Å². The van der Waals surface area contributed by atoms with Crippen molar-refractivity contribution < 1.29 is 4.42 Å². The molecule has 2 aromatic carbocycles. The summed E-state index contributed by atoms with van der Waals surface area (Å²) in [5, 5.41) is 9.59. The van der Waals surface area contributed by atoms with Crippen LogP contribution in [0, 0.1) is 0 Å². The van der Waals surface area contributed by atoms with E-state index in [4.69, 9.17) is 16.0 Å². The molecule has 6 nitrogen and oxygen atoms in total. The van der Waals surface area contributed by atoms with Crippen molar-refractivity contribution in [1.82, 2.24) is 20.2 Å². The molecule has 2 aromatic heterocycles. The number of rotatable bonds is 4. The SMILES string of the molecule is O=c1[nH]c(CSc2nnc(-c3cccc(Cl)c3)o2)nc2ccccc12. The summed E-state index contributed by atoms with van der Waals surface area (Å²) < 4.78 is 5.63. The number of hydrogen-bond acceptors (Lipinski definition) is 6. The van der Waals surface area contributed by atoms with Crippen LogP contribution in [0.25, 0.3) is 22.4 Å². The van der Waals surface area contributed by atoms with Gasteiger partial charge in [-0.1, -0.05) is 41.6 Å². The number of H-pyrrole nitrogens is 1. The average Bonchev–Trinajstić information content (AvgIpc) is 3.09. The second-order valence-corrected chi connectivity index (χ2v) is 6.56. The van der Waals surface area contributed by atoms with Crippen LogP contribution in [-0.4, -0.2) is 20.2 Å². The van der Waals surface area contributed by atoms with Crippen LogP contribution < -0.4 is 5.56 Å². The van der Waals surface area contributed by atoms with Gasteiger partial charge in [0.1, 0.15) is 5.82 Å². The number of fused-ring (bicyclic) bond motifs is 1. The lowest BCUT2D eigenvalue weighted by Gasteiger charge is -2.01. The molecule has 0 aliphatic rings. The van der Waals surface area contributed by atoms with Crippen LogP contribution in [0.4, 0.5) is 0 Å². The van der Waals surface area contributed by atoms with Crippen molar-refractivity contribution in [3.8, 4) is 11.5 Å². The molecule has 4 aromatic rings. The maximum absolute atomic E-state index is 12.1. The molecule has 124 valence electrons. The molecule has 2 heterocycles. The van der Waals surface area contributed by atoms with Crippen molar-refractivity contribution in [3.05, 3.63) is 69.7 Å². The van der Waals surface area contributed by atoms with E-state index in [1.807, 2.05) is 30.3 Å². The molecular formula is C17H11ClN4O2S. The van der Waals surface area contributed by atoms with E-state index < -0.39 is 0 Å². The van der Waals surface area contributed by atoms with Gasteiger partial charge in [-0.2, -0.15) is 0 Å². The van der Waals surface area contributed by atoms with Gasteiger partial charge in [0.25, 0.3) is 10.8 Å². The lowest BCUT2D eigenvalue weighted by molar-refractivity contribution is 0.465. The van der Waals surface area contributed by atoms with Gasteiger partial charge in [0.2, 0.25) is 5.89 Å². The third kappa shape index (κ3) is 3.42. The van der Waals surface area contributed by atoms with E-state index in [9.17, 15) is 4.79 Å². The number of nitrogens with zero attached hydrogens (tertiary/aromatic N) is 3. The van der Waals surface area contributed by atoms with Gasteiger partial charge in [-0.3, -0.25) is 4.79 Å². The quantitative estimate of drug-likeness (QED) is 0.548. The lowest BCUT2D eigenvalue weighted by Crippen LogP contribution is -2.11. The minimum Gasteiger partial charge on any atom is -0.411 e. The topological polar surface area (TPSA) is 84.7 Å². The van der Waals surface area contributed by atoms with E-state index in [0.29, 0.717) is 38.6 Å². The third-order valence-electron chi connectivity index (χ3n) is 3.47. The molecule has 0 aliphatic carbocycles. The Balaban J connectivity index is 1.53. The third-order valence-corrected chi connectivity index (χ3v) is 4.54.